The van der Waals surface area contributed by atoms with Gasteiger partial charge in [0.25, 0.3) is 0 Å². The van der Waals surface area contributed by atoms with Gasteiger partial charge in [0, 0.05) is 33.9 Å². The maximum absolute atomic E-state index is 6.38. The van der Waals surface area contributed by atoms with Crippen LogP contribution in [-0.4, -0.2) is 0 Å². The molecule has 11 aromatic rings. The lowest BCUT2D eigenvalue weighted by Gasteiger charge is -2.42. The molecule has 1 atom stereocenters. The lowest BCUT2D eigenvalue weighted by atomic mass is 9.59. The number of benzene rings is 10. The van der Waals surface area contributed by atoms with Crippen molar-refractivity contribution in [2.24, 2.45) is 0 Å². The Morgan fingerprint density at radius 3 is 1.56 bits per heavy atom. The number of anilines is 3. The van der Waals surface area contributed by atoms with Crippen molar-refractivity contribution in [3.63, 3.8) is 0 Å². The minimum atomic E-state index is -0.494. The Kier molecular flexibility index (Phi) is 8.11. The molecular weight excluding hydrogens is 739 g/mol. The Hall–Kier alpha value is -7.94. The van der Waals surface area contributed by atoms with Crippen LogP contribution < -0.4 is 4.90 Å². The first-order valence-electron chi connectivity index (χ1n) is 21.0. The van der Waals surface area contributed by atoms with Gasteiger partial charge in [0.2, 0.25) is 0 Å². The zero-order valence-corrected chi connectivity index (χ0v) is 33.4. The molecule has 1 aromatic heterocycles. The van der Waals surface area contributed by atoms with Gasteiger partial charge in [0.05, 0.1) is 5.41 Å². The molecule has 12 rings (SSSR count). The van der Waals surface area contributed by atoms with E-state index in [1.807, 2.05) is 12.1 Å². The highest BCUT2D eigenvalue weighted by Crippen LogP contribution is 2.55. The first-order valence-corrected chi connectivity index (χ1v) is 21.0. The number of hydrogen-bond donors (Lipinski definition) is 0. The summed E-state index contributed by atoms with van der Waals surface area (Å²) in [7, 11) is 0. The van der Waals surface area contributed by atoms with E-state index in [0.29, 0.717) is 0 Å². The quantitative estimate of drug-likeness (QED) is 0.160. The molecule has 0 saturated heterocycles. The highest BCUT2D eigenvalue weighted by molar-refractivity contribution is 6.07. The first-order chi connectivity index (χ1) is 30.2. The molecule has 0 N–H and O–H groups in total. The normalized spacial score (nSPS) is 14.3. The van der Waals surface area contributed by atoms with Gasteiger partial charge in [-0.2, -0.15) is 0 Å². The Labute approximate surface area is 355 Å². The van der Waals surface area contributed by atoms with Gasteiger partial charge in [-0.15, -0.1) is 0 Å². The summed E-state index contributed by atoms with van der Waals surface area (Å²) in [6, 6.07) is 86.0. The van der Waals surface area contributed by atoms with Crippen molar-refractivity contribution >= 4 is 49.8 Å². The molecule has 2 heteroatoms. The Bertz CT molecular complexity index is 3380. The molecule has 61 heavy (non-hydrogen) atoms. The predicted octanol–water partition coefficient (Wildman–Crippen LogP) is 15.9. The third kappa shape index (κ3) is 5.57. The van der Waals surface area contributed by atoms with Crippen LogP contribution in [0, 0.1) is 0 Å². The summed E-state index contributed by atoms with van der Waals surface area (Å²) in [6.45, 7) is 0. The predicted molar refractivity (Wildman–Crippen MR) is 254 cm³/mol. The number of fused-ring (bicyclic) bond motifs is 5. The standard InChI is InChI=1S/C59H39NO/c1-3-13-40(14-4-1)42-27-33-47(34-28-42)60(49-37-38-52-51-20-8-10-24-56(51)61-57(52)39-49)48-35-29-43(30-36-48)41-25-31-46(32-26-41)59(45-17-5-2-6-18-45)54-22-9-7-19-50(54)53-21-11-15-44-16-12-23-55(59)58(44)53/h1-39H. The summed E-state index contributed by atoms with van der Waals surface area (Å²) in [5.41, 5.74) is 16.9. The summed E-state index contributed by atoms with van der Waals surface area (Å²) in [6.07, 6.45) is 0. The average Bonchev–Trinajstić information content (AvgIpc) is 3.71. The number of rotatable bonds is 7. The molecule has 1 heterocycles. The molecule has 0 amide bonds. The maximum Gasteiger partial charge on any atom is 0.137 e. The van der Waals surface area contributed by atoms with E-state index in [9.17, 15) is 0 Å². The van der Waals surface area contributed by atoms with Crippen LogP contribution in [0.15, 0.2) is 241 Å². The summed E-state index contributed by atoms with van der Waals surface area (Å²) in [5, 5.41) is 4.83. The zero-order valence-electron chi connectivity index (χ0n) is 33.4. The van der Waals surface area contributed by atoms with E-state index >= 15 is 0 Å². The lowest BCUT2D eigenvalue weighted by molar-refractivity contribution is 0.669. The van der Waals surface area contributed by atoms with Crippen LogP contribution in [0.1, 0.15) is 22.3 Å². The topological polar surface area (TPSA) is 16.4 Å². The fourth-order valence-corrected chi connectivity index (χ4v) is 9.99. The van der Waals surface area contributed by atoms with Crippen LogP contribution in [0.3, 0.4) is 0 Å². The van der Waals surface area contributed by atoms with Gasteiger partial charge in [-0.1, -0.05) is 188 Å². The molecule has 0 fully saturated rings. The lowest BCUT2D eigenvalue weighted by Crippen LogP contribution is -2.33. The van der Waals surface area contributed by atoms with Gasteiger partial charge < -0.3 is 9.32 Å². The molecule has 0 saturated carbocycles. The molecule has 2 nitrogen and oxygen atoms in total. The third-order valence-corrected chi connectivity index (χ3v) is 12.8. The molecule has 1 aliphatic rings. The molecule has 0 aliphatic heterocycles. The molecule has 0 radical (unpaired) electrons. The average molecular weight is 778 g/mol. The first kappa shape index (κ1) is 35.0. The van der Waals surface area contributed by atoms with Crippen molar-refractivity contribution in [1.29, 1.82) is 0 Å². The summed E-state index contributed by atoms with van der Waals surface area (Å²) < 4.78 is 6.38. The maximum atomic E-state index is 6.38. The molecular formula is C59H39NO. The van der Waals surface area contributed by atoms with Gasteiger partial charge in [-0.3, -0.25) is 0 Å². The van der Waals surface area contributed by atoms with Crippen LogP contribution in [0.5, 0.6) is 0 Å². The van der Waals surface area contributed by atoms with Crippen molar-refractivity contribution in [2.45, 2.75) is 5.41 Å². The van der Waals surface area contributed by atoms with Crippen molar-refractivity contribution in [1.82, 2.24) is 0 Å². The fourth-order valence-electron chi connectivity index (χ4n) is 9.99. The molecule has 0 spiro atoms. The highest BCUT2D eigenvalue weighted by Gasteiger charge is 2.44. The van der Waals surface area contributed by atoms with Crippen LogP contribution in [-0.2, 0) is 5.41 Å². The minimum absolute atomic E-state index is 0.494. The summed E-state index contributed by atoms with van der Waals surface area (Å²) in [4.78, 5) is 2.32. The molecule has 1 aliphatic carbocycles. The Morgan fingerprint density at radius 2 is 0.836 bits per heavy atom. The van der Waals surface area contributed by atoms with Crippen LogP contribution in [0.4, 0.5) is 17.1 Å². The Balaban J connectivity index is 0.955. The van der Waals surface area contributed by atoms with Gasteiger partial charge >= 0.3 is 0 Å². The van der Waals surface area contributed by atoms with E-state index in [1.165, 1.54) is 60.8 Å². The second-order valence-electron chi connectivity index (χ2n) is 16.0. The van der Waals surface area contributed by atoms with Gasteiger partial charge in [0.15, 0.2) is 0 Å². The SMILES string of the molecule is c1ccc(-c2ccc(N(c3ccc(-c4ccc(C5(c6ccccc6)c6ccccc6-c6cccc7cccc5c67)cc4)cc3)c3ccc4c(c3)oc3ccccc34)cc2)cc1. The van der Waals surface area contributed by atoms with E-state index in [-0.39, 0.29) is 0 Å². The van der Waals surface area contributed by atoms with E-state index in [0.717, 1.165) is 44.6 Å². The largest absolute Gasteiger partial charge is 0.456 e. The number of furan rings is 1. The molecule has 1 unspecified atom stereocenters. The van der Waals surface area contributed by atoms with Crippen molar-refractivity contribution in [3.8, 4) is 33.4 Å². The number of hydrogen-bond acceptors (Lipinski definition) is 2. The molecule has 0 bridgehead atoms. The summed E-state index contributed by atoms with van der Waals surface area (Å²) in [5.74, 6) is 0. The van der Waals surface area contributed by atoms with Crippen LogP contribution in [0.25, 0.3) is 66.1 Å². The minimum Gasteiger partial charge on any atom is -0.456 e. The van der Waals surface area contributed by atoms with E-state index < -0.39 is 5.41 Å². The van der Waals surface area contributed by atoms with E-state index in [2.05, 4.69) is 229 Å². The highest BCUT2D eigenvalue weighted by atomic mass is 16.3. The van der Waals surface area contributed by atoms with Crippen LogP contribution in [0.2, 0.25) is 0 Å². The molecule has 286 valence electrons. The monoisotopic (exact) mass is 777 g/mol. The fraction of sp³-hybridized carbons (Fsp3) is 0.0169. The van der Waals surface area contributed by atoms with Gasteiger partial charge in [-0.05, 0) is 109 Å². The van der Waals surface area contributed by atoms with E-state index in [4.69, 9.17) is 4.42 Å². The second-order valence-corrected chi connectivity index (χ2v) is 16.0. The second kappa shape index (κ2) is 14.1. The molecule has 10 aromatic carbocycles. The summed E-state index contributed by atoms with van der Waals surface area (Å²) >= 11 is 0. The van der Waals surface area contributed by atoms with Gasteiger partial charge in [0.1, 0.15) is 11.2 Å². The Morgan fingerprint density at radius 1 is 0.328 bits per heavy atom. The third-order valence-electron chi connectivity index (χ3n) is 12.8. The number of nitrogens with zero attached hydrogens (tertiary/aromatic N) is 1. The number of para-hydroxylation sites is 1. The van der Waals surface area contributed by atoms with Crippen molar-refractivity contribution in [2.75, 3.05) is 4.90 Å². The van der Waals surface area contributed by atoms with Gasteiger partial charge in [-0.25, -0.2) is 0 Å². The smallest absolute Gasteiger partial charge is 0.137 e. The van der Waals surface area contributed by atoms with Crippen molar-refractivity contribution in [3.05, 3.63) is 259 Å². The van der Waals surface area contributed by atoms with Crippen LogP contribution >= 0.6 is 0 Å². The zero-order chi connectivity index (χ0) is 40.3. The van der Waals surface area contributed by atoms with E-state index in [1.54, 1.807) is 0 Å². The van der Waals surface area contributed by atoms with Crippen molar-refractivity contribution < 1.29 is 4.42 Å².